The van der Waals surface area contributed by atoms with Gasteiger partial charge in [0.05, 0.1) is 19.8 Å². The smallest absolute Gasteiger partial charge is 0.387 e. The molecule has 0 saturated carbocycles. The molecule has 0 radical (unpaired) electrons. The second kappa shape index (κ2) is 12.7. The molecule has 1 unspecified atom stereocenters. The highest BCUT2D eigenvalue weighted by Crippen LogP contribution is 2.25. The van der Waals surface area contributed by atoms with E-state index in [9.17, 15) is 8.78 Å². The number of hydrogen-bond donors (Lipinski definition) is 2. The fourth-order valence-corrected chi connectivity index (χ4v) is 2.93. The predicted molar refractivity (Wildman–Crippen MR) is 105 cm³/mol. The van der Waals surface area contributed by atoms with Gasteiger partial charge in [0.15, 0.2) is 5.96 Å². The highest BCUT2D eigenvalue weighted by atomic mass is 35.5. The van der Waals surface area contributed by atoms with Crippen LogP contribution in [0.2, 0.25) is 5.02 Å². The van der Waals surface area contributed by atoms with Gasteiger partial charge in [0.25, 0.3) is 0 Å². The van der Waals surface area contributed by atoms with Crippen LogP contribution in [0.5, 0.6) is 5.75 Å². The lowest BCUT2D eigenvalue weighted by atomic mass is 10.1. The average Bonchev–Trinajstić information content (AvgIpc) is 3.17. The third kappa shape index (κ3) is 8.58. The number of nitrogens with zero attached hydrogens (tertiary/aromatic N) is 1. The Hall–Kier alpha value is -1.64. The highest BCUT2D eigenvalue weighted by molar-refractivity contribution is 6.30. The minimum atomic E-state index is -2.90. The third-order valence-electron chi connectivity index (χ3n) is 4.13. The van der Waals surface area contributed by atoms with E-state index in [-0.39, 0.29) is 12.3 Å². The van der Waals surface area contributed by atoms with E-state index in [4.69, 9.17) is 21.1 Å². The van der Waals surface area contributed by atoms with Gasteiger partial charge in [0.1, 0.15) is 5.75 Å². The zero-order chi connectivity index (χ0) is 20.2. The Balaban J connectivity index is 1.78. The van der Waals surface area contributed by atoms with Gasteiger partial charge in [-0.05, 0) is 38.0 Å². The maximum atomic E-state index is 12.6. The van der Waals surface area contributed by atoms with Crippen LogP contribution in [0.1, 0.15) is 25.3 Å². The zero-order valence-electron chi connectivity index (χ0n) is 16.1. The summed E-state index contributed by atoms with van der Waals surface area (Å²) in [6.45, 7) is 3.59. The van der Waals surface area contributed by atoms with Crippen molar-refractivity contribution in [3.63, 3.8) is 0 Å². The minimum Gasteiger partial charge on any atom is -0.434 e. The van der Waals surface area contributed by atoms with Crippen molar-refractivity contribution in [2.24, 2.45) is 10.9 Å². The average molecular weight is 420 g/mol. The molecule has 2 rings (SSSR count). The molecule has 1 aliphatic heterocycles. The number of aliphatic imine (C=N–C) groups is 1. The van der Waals surface area contributed by atoms with Gasteiger partial charge >= 0.3 is 6.61 Å². The number of benzene rings is 1. The van der Waals surface area contributed by atoms with Crippen molar-refractivity contribution in [1.82, 2.24) is 10.6 Å². The highest BCUT2D eigenvalue weighted by Gasteiger charge is 2.15. The molecule has 0 spiro atoms. The Kier molecular flexibility index (Phi) is 10.3. The number of guanidine groups is 1. The Labute approximate surface area is 169 Å². The zero-order valence-corrected chi connectivity index (χ0v) is 16.8. The summed E-state index contributed by atoms with van der Waals surface area (Å²) in [7, 11) is 0. The summed E-state index contributed by atoms with van der Waals surface area (Å²) in [4.78, 5) is 4.43. The lowest BCUT2D eigenvalue weighted by Crippen LogP contribution is -2.38. The molecule has 1 heterocycles. The molecule has 1 aromatic rings. The van der Waals surface area contributed by atoms with E-state index in [1.54, 1.807) is 6.07 Å². The van der Waals surface area contributed by atoms with Crippen LogP contribution in [-0.2, 0) is 16.0 Å². The molecule has 1 fully saturated rings. The van der Waals surface area contributed by atoms with E-state index in [1.165, 1.54) is 12.1 Å². The molecule has 0 aromatic heterocycles. The standard InChI is InChI=1S/C19H28ClF2N3O3/c1-2-23-19(24-7-3-8-26-12-14-6-9-27-13-14)25-11-15-10-16(20)4-5-17(15)28-18(21)22/h4-5,10,14,18H,2-3,6-9,11-13H2,1H3,(H2,23,24,25). The maximum absolute atomic E-state index is 12.6. The Bertz CT molecular complexity index is 614. The first-order valence-corrected chi connectivity index (χ1v) is 9.87. The van der Waals surface area contributed by atoms with Gasteiger partial charge in [-0.15, -0.1) is 0 Å². The Morgan fingerprint density at radius 1 is 1.39 bits per heavy atom. The topological polar surface area (TPSA) is 64.1 Å². The molecule has 1 aromatic carbocycles. The molecule has 0 bridgehead atoms. The van der Waals surface area contributed by atoms with Gasteiger partial charge in [-0.3, -0.25) is 0 Å². The molecule has 6 nitrogen and oxygen atoms in total. The first-order valence-electron chi connectivity index (χ1n) is 9.49. The Morgan fingerprint density at radius 2 is 2.25 bits per heavy atom. The van der Waals surface area contributed by atoms with E-state index in [1.807, 2.05) is 6.92 Å². The molecule has 9 heteroatoms. The molecule has 158 valence electrons. The summed E-state index contributed by atoms with van der Waals surface area (Å²) in [5, 5.41) is 6.77. The summed E-state index contributed by atoms with van der Waals surface area (Å²) in [6, 6.07) is 4.51. The van der Waals surface area contributed by atoms with Crippen LogP contribution >= 0.6 is 11.6 Å². The summed E-state index contributed by atoms with van der Waals surface area (Å²) in [5.41, 5.74) is 0.493. The van der Waals surface area contributed by atoms with E-state index in [0.29, 0.717) is 42.2 Å². The summed E-state index contributed by atoms with van der Waals surface area (Å²) < 4.78 is 40.6. The van der Waals surface area contributed by atoms with Crippen LogP contribution in [-0.4, -0.2) is 52.1 Å². The fraction of sp³-hybridized carbons (Fsp3) is 0.632. The fourth-order valence-electron chi connectivity index (χ4n) is 2.73. The minimum absolute atomic E-state index is 0.0725. The van der Waals surface area contributed by atoms with Crippen LogP contribution in [0.4, 0.5) is 8.78 Å². The first-order chi connectivity index (χ1) is 13.6. The number of ether oxygens (including phenoxy) is 3. The molecule has 0 aliphatic carbocycles. The molecular formula is C19H28ClF2N3O3. The van der Waals surface area contributed by atoms with E-state index >= 15 is 0 Å². The van der Waals surface area contributed by atoms with Crippen molar-refractivity contribution in [2.75, 3.05) is 39.5 Å². The summed E-state index contributed by atoms with van der Waals surface area (Å²) >= 11 is 5.96. The molecule has 2 N–H and O–H groups in total. The number of hydrogen-bond acceptors (Lipinski definition) is 4. The lowest BCUT2D eigenvalue weighted by Gasteiger charge is -2.13. The largest absolute Gasteiger partial charge is 0.434 e. The first kappa shape index (κ1) is 22.6. The van der Waals surface area contributed by atoms with E-state index < -0.39 is 6.61 Å². The molecule has 0 amide bonds. The van der Waals surface area contributed by atoms with Crippen molar-refractivity contribution in [2.45, 2.75) is 32.9 Å². The van der Waals surface area contributed by atoms with Crippen molar-refractivity contribution >= 4 is 17.6 Å². The second-order valence-corrected chi connectivity index (χ2v) is 6.85. The molecule has 1 aliphatic rings. The van der Waals surface area contributed by atoms with Crippen LogP contribution in [0.25, 0.3) is 0 Å². The van der Waals surface area contributed by atoms with Crippen LogP contribution < -0.4 is 15.4 Å². The summed E-state index contributed by atoms with van der Waals surface area (Å²) in [6.07, 6.45) is 1.89. The van der Waals surface area contributed by atoms with Gasteiger partial charge in [-0.25, -0.2) is 4.99 Å². The SMILES string of the molecule is CCNC(=NCc1cc(Cl)ccc1OC(F)F)NCCCOCC1CCOC1. The quantitative estimate of drug-likeness (QED) is 0.327. The van der Waals surface area contributed by atoms with Gasteiger partial charge in [-0.2, -0.15) is 8.78 Å². The number of halogens is 3. The van der Waals surface area contributed by atoms with Crippen molar-refractivity contribution in [1.29, 1.82) is 0 Å². The molecular weight excluding hydrogens is 392 g/mol. The molecule has 1 atom stereocenters. The third-order valence-corrected chi connectivity index (χ3v) is 4.36. The predicted octanol–water partition coefficient (Wildman–Crippen LogP) is 3.44. The van der Waals surface area contributed by atoms with Crippen molar-refractivity contribution in [3.8, 4) is 5.75 Å². The van der Waals surface area contributed by atoms with Crippen LogP contribution in [0.3, 0.4) is 0 Å². The van der Waals surface area contributed by atoms with E-state index in [0.717, 1.165) is 32.7 Å². The van der Waals surface area contributed by atoms with Crippen LogP contribution in [0, 0.1) is 5.92 Å². The van der Waals surface area contributed by atoms with Gasteiger partial charge < -0.3 is 24.8 Å². The monoisotopic (exact) mass is 419 g/mol. The van der Waals surface area contributed by atoms with Crippen molar-refractivity contribution in [3.05, 3.63) is 28.8 Å². The maximum Gasteiger partial charge on any atom is 0.387 e. The van der Waals surface area contributed by atoms with Crippen LogP contribution in [0.15, 0.2) is 23.2 Å². The lowest BCUT2D eigenvalue weighted by molar-refractivity contribution is -0.0504. The van der Waals surface area contributed by atoms with Gasteiger partial charge in [-0.1, -0.05) is 11.6 Å². The normalized spacial score (nSPS) is 17.2. The molecule has 1 saturated heterocycles. The van der Waals surface area contributed by atoms with Gasteiger partial charge in [0.2, 0.25) is 0 Å². The Morgan fingerprint density at radius 3 is 2.96 bits per heavy atom. The van der Waals surface area contributed by atoms with Gasteiger partial charge in [0, 0.05) is 42.8 Å². The van der Waals surface area contributed by atoms with Crippen molar-refractivity contribution < 1.29 is 23.0 Å². The van der Waals surface area contributed by atoms with E-state index in [2.05, 4.69) is 20.4 Å². The number of nitrogens with one attached hydrogen (secondary N) is 2. The number of rotatable bonds is 11. The molecule has 28 heavy (non-hydrogen) atoms. The number of alkyl halides is 2. The summed E-state index contributed by atoms with van der Waals surface area (Å²) in [5.74, 6) is 1.17. The second-order valence-electron chi connectivity index (χ2n) is 6.41.